The molecule has 2 fully saturated rings. The van der Waals surface area contributed by atoms with Gasteiger partial charge in [0.25, 0.3) is 5.91 Å². The highest BCUT2D eigenvalue weighted by Crippen LogP contribution is 2.46. The molecular weight excluding hydrogens is 372 g/mol. The molecule has 1 aromatic carbocycles. The Bertz CT molecular complexity index is 735. The van der Waals surface area contributed by atoms with Crippen LogP contribution >= 0.6 is 15.9 Å². The second kappa shape index (κ2) is 5.56. The summed E-state index contributed by atoms with van der Waals surface area (Å²) in [4.78, 5) is 26.8. The number of carbonyl (C=O) groups is 2. The van der Waals surface area contributed by atoms with Crippen LogP contribution in [-0.4, -0.2) is 31.1 Å². The van der Waals surface area contributed by atoms with E-state index in [0.29, 0.717) is 13.0 Å². The van der Waals surface area contributed by atoms with Crippen LogP contribution in [0.3, 0.4) is 0 Å². The van der Waals surface area contributed by atoms with Crippen molar-refractivity contribution in [2.45, 2.75) is 44.7 Å². The number of quaternary nitrogens is 1. The fraction of sp³-hybridized carbons (Fsp3) is 0.556. The van der Waals surface area contributed by atoms with Crippen molar-refractivity contribution in [2.24, 2.45) is 5.92 Å². The third-order valence-corrected chi connectivity index (χ3v) is 6.40. The molecule has 3 aliphatic heterocycles. The average Bonchev–Trinajstić information content (AvgIpc) is 3.17. The first-order chi connectivity index (χ1) is 11.5. The molecule has 1 aromatic rings. The number of carbonyl (C=O) groups excluding carboxylic acids is 2. The molecule has 0 radical (unpaired) electrons. The topological polar surface area (TPSA) is 59.8 Å². The molecule has 5 nitrogen and oxygen atoms in total. The number of aryl methyl sites for hydroxylation is 1. The number of ether oxygens (including phenoxy) is 1. The molecule has 6 heteroatoms. The number of hydrogen-bond donors (Lipinski definition) is 2. The van der Waals surface area contributed by atoms with E-state index in [1.807, 2.05) is 19.9 Å². The van der Waals surface area contributed by atoms with E-state index >= 15 is 0 Å². The zero-order valence-corrected chi connectivity index (χ0v) is 15.5. The van der Waals surface area contributed by atoms with Crippen LogP contribution in [0, 0.1) is 12.8 Å². The van der Waals surface area contributed by atoms with Gasteiger partial charge in [-0.25, -0.2) is 0 Å². The second-order valence-electron chi connectivity index (χ2n) is 7.09. The highest BCUT2D eigenvalue weighted by Gasteiger charge is 2.67. The van der Waals surface area contributed by atoms with E-state index in [0.717, 1.165) is 40.7 Å². The maximum atomic E-state index is 13.1. The van der Waals surface area contributed by atoms with Crippen LogP contribution in [0.4, 0.5) is 5.69 Å². The zero-order valence-electron chi connectivity index (χ0n) is 13.9. The van der Waals surface area contributed by atoms with Crippen LogP contribution < -0.4 is 10.2 Å². The number of halogens is 1. The summed E-state index contributed by atoms with van der Waals surface area (Å²) in [6.45, 7) is 5.16. The van der Waals surface area contributed by atoms with E-state index < -0.39 is 5.54 Å². The van der Waals surface area contributed by atoms with Crippen molar-refractivity contribution < 1.29 is 19.2 Å². The minimum atomic E-state index is -0.650. The molecular formula is C18H22BrN2O3+. The van der Waals surface area contributed by atoms with Gasteiger partial charge in [-0.2, -0.15) is 0 Å². The Hall–Kier alpha value is -1.40. The number of hydrogen-bond acceptors (Lipinski definition) is 3. The molecule has 4 atom stereocenters. The third-order valence-electron chi connectivity index (χ3n) is 5.94. The van der Waals surface area contributed by atoms with Crippen LogP contribution in [0.5, 0.6) is 0 Å². The molecule has 1 amide bonds. The van der Waals surface area contributed by atoms with Crippen molar-refractivity contribution in [3.63, 3.8) is 0 Å². The van der Waals surface area contributed by atoms with Crippen LogP contribution in [0.25, 0.3) is 0 Å². The maximum absolute atomic E-state index is 13.1. The molecule has 128 valence electrons. The van der Waals surface area contributed by atoms with Crippen molar-refractivity contribution in [2.75, 3.05) is 18.5 Å². The van der Waals surface area contributed by atoms with E-state index in [-0.39, 0.29) is 23.8 Å². The lowest BCUT2D eigenvalue weighted by atomic mass is 9.84. The van der Waals surface area contributed by atoms with E-state index in [9.17, 15) is 9.59 Å². The summed E-state index contributed by atoms with van der Waals surface area (Å²) in [5.74, 6) is -0.308. The lowest BCUT2D eigenvalue weighted by Gasteiger charge is -2.29. The molecule has 24 heavy (non-hydrogen) atoms. The highest BCUT2D eigenvalue weighted by atomic mass is 79.9. The number of fused-ring (bicyclic) bond motifs is 4. The largest absolute Gasteiger partial charge is 0.466 e. The van der Waals surface area contributed by atoms with Gasteiger partial charge in [0, 0.05) is 29.3 Å². The molecule has 0 bridgehead atoms. The smallest absolute Gasteiger partial charge is 0.315 e. The number of benzene rings is 1. The molecule has 0 aromatic heterocycles. The van der Waals surface area contributed by atoms with Crippen LogP contribution in [-0.2, 0) is 19.9 Å². The minimum absolute atomic E-state index is 0.0346. The highest BCUT2D eigenvalue weighted by molar-refractivity contribution is 9.10. The molecule has 2 saturated heterocycles. The predicted molar refractivity (Wildman–Crippen MR) is 92.8 cm³/mol. The Kier molecular flexibility index (Phi) is 3.73. The summed E-state index contributed by atoms with van der Waals surface area (Å²) < 4.78 is 6.29. The average molecular weight is 394 g/mol. The van der Waals surface area contributed by atoms with Crippen molar-refractivity contribution in [1.82, 2.24) is 0 Å². The number of esters is 1. The molecule has 3 aliphatic rings. The first kappa shape index (κ1) is 16.1. The Labute approximate surface area is 149 Å². The lowest BCUT2D eigenvalue weighted by molar-refractivity contribution is -0.947. The number of anilines is 1. The molecule has 0 saturated carbocycles. The predicted octanol–water partition coefficient (Wildman–Crippen LogP) is 1.54. The fourth-order valence-corrected chi connectivity index (χ4v) is 5.63. The Morgan fingerprint density at radius 3 is 3.04 bits per heavy atom. The van der Waals surface area contributed by atoms with Crippen LogP contribution in [0.15, 0.2) is 16.6 Å². The second-order valence-corrected chi connectivity index (χ2v) is 8.01. The van der Waals surface area contributed by atoms with E-state index in [2.05, 4.69) is 27.3 Å². The van der Waals surface area contributed by atoms with E-state index in [1.165, 1.54) is 4.90 Å². The summed E-state index contributed by atoms with van der Waals surface area (Å²) in [5.41, 5.74) is 2.36. The summed E-state index contributed by atoms with van der Waals surface area (Å²) in [7, 11) is 0. The van der Waals surface area contributed by atoms with Crippen LogP contribution in [0.2, 0.25) is 0 Å². The third kappa shape index (κ3) is 2.02. The van der Waals surface area contributed by atoms with E-state index in [4.69, 9.17) is 4.74 Å². The quantitative estimate of drug-likeness (QED) is 0.749. The van der Waals surface area contributed by atoms with Gasteiger partial charge in [-0.1, -0.05) is 15.9 Å². The van der Waals surface area contributed by atoms with Gasteiger partial charge in [0.15, 0.2) is 0 Å². The minimum Gasteiger partial charge on any atom is -0.466 e. The monoisotopic (exact) mass is 393 g/mol. The molecule has 0 aliphatic carbocycles. The summed E-state index contributed by atoms with van der Waals surface area (Å²) in [5, 5.41) is 3.10. The Balaban J connectivity index is 1.84. The first-order valence-electron chi connectivity index (χ1n) is 8.64. The fourth-order valence-electron chi connectivity index (χ4n) is 5.06. The number of amides is 1. The summed E-state index contributed by atoms with van der Waals surface area (Å²) in [6.07, 6.45) is 2.57. The molecule has 3 heterocycles. The van der Waals surface area contributed by atoms with E-state index in [1.54, 1.807) is 0 Å². The number of rotatable bonds is 2. The normalized spacial score (nSPS) is 33.5. The van der Waals surface area contributed by atoms with Gasteiger partial charge in [-0.05, 0) is 31.5 Å². The van der Waals surface area contributed by atoms with Gasteiger partial charge in [-0.15, -0.1) is 0 Å². The van der Waals surface area contributed by atoms with Gasteiger partial charge < -0.3 is 15.0 Å². The maximum Gasteiger partial charge on any atom is 0.315 e. The summed E-state index contributed by atoms with van der Waals surface area (Å²) >= 11 is 3.57. The first-order valence-corrected chi connectivity index (χ1v) is 9.43. The Morgan fingerprint density at radius 2 is 2.29 bits per heavy atom. The Morgan fingerprint density at radius 1 is 1.50 bits per heavy atom. The SMILES string of the molecule is CCOC(=O)[C@H]1C[C@]2(C(=O)Nc3c(C)cc(Br)cc32)[NH+]2CCC[C@@H]12. The molecule has 1 unspecified atom stereocenters. The molecule has 4 rings (SSSR count). The van der Waals surface area contributed by atoms with Gasteiger partial charge in [-0.3, -0.25) is 9.59 Å². The van der Waals surface area contributed by atoms with Crippen molar-refractivity contribution in [3.05, 3.63) is 27.7 Å². The van der Waals surface area contributed by atoms with Crippen LogP contribution in [0.1, 0.15) is 37.3 Å². The molecule has 1 spiro atoms. The van der Waals surface area contributed by atoms with Gasteiger partial charge in [0.2, 0.25) is 5.54 Å². The van der Waals surface area contributed by atoms with Crippen molar-refractivity contribution >= 4 is 33.5 Å². The summed E-state index contributed by atoms with van der Waals surface area (Å²) in [6, 6.07) is 4.25. The van der Waals surface area contributed by atoms with Gasteiger partial charge in [0.05, 0.1) is 18.8 Å². The lowest BCUT2D eigenvalue weighted by Crippen LogP contribution is -3.19. The number of nitrogens with one attached hydrogen (secondary N) is 2. The molecule has 2 N–H and O–H groups in total. The van der Waals surface area contributed by atoms with Crippen molar-refractivity contribution in [3.8, 4) is 0 Å². The van der Waals surface area contributed by atoms with Gasteiger partial charge >= 0.3 is 5.97 Å². The standard InChI is InChI=1S/C18H21BrN2O3/c1-3-24-16(22)12-9-18(21-6-4-5-14(12)21)13-8-11(19)7-10(2)15(13)20-17(18)23/h7-8,12,14H,3-6,9H2,1-2H3,(H,20,23)/p+1/t12-,14-,18-/m0/s1. The van der Waals surface area contributed by atoms with Crippen molar-refractivity contribution in [1.29, 1.82) is 0 Å². The zero-order chi connectivity index (χ0) is 17.1. The van der Waals surface area contributed by atoms with Gasteiger partial charge in [0.1, 0.15) is 12.0 Å².